The van der Waals surface area contributed by atoms with E-state index in [9.17, 15) is 4.79 Å². The molecule has 0 spiro atoms. The van der Waals surface area contributed by atoms with Crippen LogP contribution in [0.4, 0.5) is 5.69 Å². The smallest absolute Gasteiger partial charge is 0.187 e. The summed E-state index contributed by atoms with van der Waals surface area (Å²) in [5.41, 5.74) is 4.13. The molecule has 0 bridgehead atoms. The van der Waals surface area contributed by atoms with Gasteiger partial charge in [-0.25, -0.2) is 0 Å². The number of carbonyl (C=O) groups is 1. The Hall–Kier alpha value is -1.87. The van der Waals surface area contributed by atoms with E-state index in [0.717, 1.165) is 10.2 Å². The molecule has 0 unspecified atom stereocenters. The molecule has 2 aromatic carbocycles. The summed E-state index contributed by atoms with van der Waals surface area (Å²) in [7, 11) is 0. The van der Waals surface area contributed by atoms with Crippen LogP contribution in [0, 0.1) is 13.8 Å². The van der Waals surface area contributed by atoms with Crippen LogP contribution in [0.1, 0.15) is 21.5 Å². The molecule has 20 heavy (non-hydrogen) atoms. The SMILES string of the molecule is Cc1ccc(N/C=C/C(=O)c2ccc(Br)cc2)cc1C. The fourth-order valence-corrected chi connectivity index (χ4v) is 2.02. The van der Waals surface area contributed by atoms with Crippen molar-refractivity contribution in [2.24, 2.45) is 0 Å². The highest BCUT2D eigenvalue weighted by molar-refractivity contribution is 9.10. The van der Waals surface area contributed by atoms with Crippen LogP contribution in [-0.4, -0.2) is 5.78 Å². The Bertz CT molecular complexity index is 645. The summed E-state index contributed by atoms with van der Waals surface area (Å²) < 4.78 is 0.964. The quantitative estimate of drug-likeness (QED) is 0.640. The monoisotopic (exact) mass is 329 g/mol. The zero-order chi connectivity index (χ0) is 14.5. The van der Waals surface area contributed by atoms with Gasteiger partial charge in [-0.2, -0.15) is 0 Å². The summed E-state index contributed by atoms with van der Waals surface area (Å²) in [6.45, 7) is 4.14. The molecule has 0 heterocycles. The van der Waals surface area contributed by atoms with Crippen molar-refractivity contribution in [1.29, 1.82) is 0 Å². The number of ketones is 1. The lowest BCUT2D eigenvalue weighted by Crippen LogP contribution is -1.96. The molecule has 0 aliphatic heterocycles. The van der Waals surface area contributed by atoms with Crippen molar-refractivity contribution in [3.8, 4) is 0 Å². The molecule has 0 fully saturated rings. The molecule has 0 radical (unpaired) electrons. The normalized spacial score (nSPS) is 10.8. The number of allylic oxidation sites excluding steroid dienone is 1. The van der Waals surface area contributed by atoms with Crippen LogP contribution >= 0.6 is 15.9 Å². The Morgan fingerprint density at radius 2 is 1.75 bits per heavy atom. The van der Waals surface area contributed by atoms with E-state index in [1.54, 1.807) is 24.4 Å². The molecule has 0 aromatic heterocycles. The van der Waals surface area contributed by atoms with E-state index in [-0.39, 0.29) is 5.78 Å². The second kappa shape index (κ2) is 6.53. The van der Waals surface area contributed by atoms with Crippen molar-refractivity contribution in [1.82, 2.24) is 0 Å². The van der Waals surface area contributed by atoms with Crippen LogP contribution in [0.2, 0.25) is 0 Å². The van der Waals surface area contributed by atoms with Crippen molar-refractivity contribution in [3.63, 3.8) is 0 Å². The number of hydrogen-bond acceptors (Lipinski definition) is 2. The zero-order valence-electron chi connectivity index (χ0n) is 11.5. The van der Waals surface area contributed by atoms with Gasteiger partial charge in [-0.1, -0.05) is 22.0 Å². The predicted octanol–water partition coefficient (Wildman–Crippen LogP) is 4.87. The molecule has 3 heteroatoms. The molecule has 1 N–H and O–H groups in total. The van der Waals surface area contributed by atoms with E-state index >= 15 is 0 Å². The van der Waals surface area contributed by atoms with Crippen LogP contribution in [0.3, 0.4) is 0 Å². The van der Waals surface area contributed by atoms with Gasteiger partial charge in [0.15, 0.2) is 5.78 Å². The van der Waals surface area contributed by atoms with Gasteiger partial charge in [-0.3, -0.25) is 4.79 Å². The van der Waals surface area contributed by atoms with Crippen molar-refractivity contribution in [3.05, 3.63) is 75.9 Å². The summed E-state index contributed by atoms with van der Waals surface area (Å²) in [4.78, 5) is 11.9. The van der Waals surface area contributed by atoms with Gasteiger partial charge in [-0.05, 0) is 61.4 Å². The first kappa shape index (κ1) is 14.5. The first-order valence-corrected chi connectivity index (χ1v) is 7.16. The number of hydrogen-bond donors (Lipinski definition) is 1. The standard InChI is InChI=1S/C17H16BrNO/c1-12-3-8-16(11-13(12)2)19-10-9-17(20)14-4-6-15(18)7-5-14/h3-11,19H,1-2H3/b10-9+. The van der Waals surface area contributed by atoms with E-state index in [1.165, 1.54) is 11.1 Å². The molecular weight excluding hydrogens is 314 g/mol. The number of halogens is 1. The average Bonchev–Trinajstić information content (AvgIpc) is 2.43. The summed E-state index contributed by atoms with van der Waals surface area (Å²) in [6.07, 6.45) is 3.22. The molecule has 0 aliphatic rings. The second-order valence-electron chi connectivity index (χ2n) is 4.65. The lowest BCUT2D eigenvalue weighted by atomic mass is 10.1. The molecule has 0 saturated carbocycles. The maximum absolute atomic E-state index is 11.9. The molecule has 2 aromatic rings. The van der Waals surface area contributed by atoms with Crippen LogP contribution < -0.4 is 5.32 Å². The highest BCUT2D eigenvalue weighted by Crippen LogP contribution is 2.14. The number of rotatable bonds is 4. The predicted molar refractivity (Wildman–Crippen MR) is 87.2 cm³/mol. The summed E-state index contributed by atoms with van der Waals surface area (Å²) in [5, 5.41) is 3.11. The highest BCUT2D eigenvalue weighted by Gasteiger charge is 2.00. The minimum atomic E-state index is -0.0196. The molecule has 102 valence electrons. The number of nitrogens with one attached hydrogen (secondary N) is 1. The fraction of sp³-hybridized carbons (Fsp3) is 0.118. The van der Waals surface area contributed by atoms with Crippen molar-refractivity contribution >= 4 is 27.4 Å². The Morgan fingerprint density at radius 3 is 2.40 bits per heavy atom. The lowest BCUT2D eigenvalue weighted by molar-refractivity contribution is 0.104. The second-order valence-corrected chi connectivity index (χ2v) is 5.56. The minimum Gasteiger partial charge on any atom is -0.362 e. The first-order chi connectivity index (χ1) is 9.56. The largest absolute Gasteiger partial charge is 0.362 e. The molecule has 2 nitrogen and oxygen atoms in total. The lowest BCUT2D eigenvalue weighted by Gasteiger charge is -2.04. The third-order valence-corrected chi connectivity index (χ3v) is 3.65. The van der Waals surface area contributed by atoms with Crippen molar-refractivity contribution in [2.45, 2.75) is 13.8 Å². The van der Waals surface area contributed by atoms with E-state index < -0.39 is 0 Å². The van der Waals surface area contributed by atoms with Gasteiger partial charge in [0, 0.05) is 28.0 Å². The molecule has 0 amide bonds. The topological polar surface area (TPSA) is 29.1 Å². The van der Waals surface area contributed by atoms with Crippen molar-refractivity contribution < 1.29 is 4.79 Å². The van der Waals surface area contributed by atoms with Gasteiger partial charge in [-0.15, -0.1) is 0 Å². The Kier molecular flexibility index (Phi) is 4.74. The number of carbonyl (C=O) groups excluding carboxylic acids is 1. The van der Waals surface area contributed by atoms with Crippen LogP contribution in [0.15, 0.2) is 59.2 Å². The molecular formula is C17H16BrNO. The summed E-state index contributed by atoms with van der Waals surface area (Å²) in [6, 6.07) is 13.4. The zero-order valence-corrected chi connectivity index (χ0v) is 13.1. The highest BCUT2D eigenvalue weighted by atomic mass is 79.9. The Morgan fingerprint density at radius 1 is 1.05 bits per heavy atom. The molecule has 0 atom stereocenters. The van der Waals surface area contributed by atoms with Gasteiger partial charge in [0.2, 0.25) is 0 Å². The number of aryl methyl sites for hydroxylation is 2. The summed E-state index contributed by atoms with van der Waals surface area (Å²) >= 11 is 3.35. The van der Waals surface area contributed by atoms with E-state index in [2.05, 4.69) is 47.2 Å². The Labute approximate surface area is 127 Å². The number of anilines is 1. The molecule has 2 rings (SSSR count). The van der Waals surface area contributed by atoms with Gasteiger partial charge >= 0.3 is 0 Å². The maximum Gasteiger partial charge on any atom is 0.187 e. The van der Waals surface area contributed by atoms with Crippen LogP contribution in [-0.2, 0) is 0 Å². The molecule has 0 aliphatic carbocycles. The van der Waals surface area contributed by atoms with E-state index in [1.807, 2.05) is 18.2 Å². The fourth-order valence-electron chi connectivity index (χ4n) is 1.76. The van der Waals surface area contributed by atoms with E-state index in [0.29, 0.717) is 5.56 Å². The van der Waals surface area contributed by atoms with Gasteiger partial charge in [0.1, 0.15) is 0 Å². The van der Waals surface area contributed by atoms with Crippen molar-refractivity contribution in [2.75, 3.05) is 5.32 Å². The number of benzene rings is 2. The van der Waals surface area contributed by atoms with Crippen LogP contribution in [0.5, 0.6) is 0 Å². The Balaban J connectivity index is 2.00. The van der Waals surface area contributed by atoms with Gasteiger partial charge in [0.25, 0.3) is 0 Å². The first-order valence-electron chi connectivity index (χ1n) is 6.36. The van der Waals surface area contributed by atoms with E-state index in [4.69, 9.17) is 0 Å². The third kappa shape index (κ3) is 3.81. The summed E-state index contributed by atoms with van der Waals surface area (Å²) in [5.74, 6) is -0.0196. The van der Waals surface area contributed by atoms with Crippen LogP contribution in [0.25, 0.3) is 0 Å². The third-order valence-electron chi connectivity index (χ3n) is 3.12. The molecule has 0 saturated heterocycles. The van der Waals surface area contributed by atoms with Gasteiger partial charge < -0.3 is 5.32 Å². The van der Waals surface area contributed by atoms with Gasteiger partial charge in [0.05, 0.1) is 0 Å². The maximum atomic E-state index is 11.9. The minimum absolute atomic E-state index is 0.0196. The average molecular weight is 330 g/mol.